The van der Waals surface area contributed by atoms with E-state index in [0.29, 0.717) is 12.4 Å². The van der Waals surface area contributed by atoms with Crippen LogP contribution in [0, 0.1) is 0 Å². The molecule has 2 aromatic rings. The highest BCUT2D eigenvalue weighted by atomic mass is 127. The summed E-state index contributed by atoms with van der Waals surface area (Å²) in [7, 11) is 1.65. The van der Waals surface area contributed by atoms with Gasteiger partial charge in [0.15, 0.2) is 11.8 Å². The topological polar surface area (TPSA) is 87.2 Å². The maximum absolute atomic E-state index is 5.17. The van der Waals surface area contributed by atoms with Crippen molar-refractivity contribution in [2.24, 2.45) is 4.99 Å². The molecule has 0 atom stereocenters. The fourth-order valence-corrected chi connectivity index (χ4v) is 2.32. The molecule has 0 bridgehead atoms. The first-order valence-electron chi connectivity index (χ1n) is 8.60. The highest BCUT2D eigenvalue weighted by Gasteiger charge is 2.16. The number of rotatable bonds is 8. The first-order valence-corrected chi connectivity index (χ1v) is 9.83. The lowest BCUT2D eigenvalue weighted by atomic mass is 10.2. The average Bonchev–Trinajstić information content (AvgIpc) is 3.13. The van der Waals surface area contributed by atoms with Gasteiger partial charge in [0, 0.05) is 23.4 Å². The number of hydrogen-bond acceptors (Lipinski definition) is 5. The van der Waals surface area contributed by atoms with Crippen LogP contribution in [0.25, 0.3) is 11.4 Å². The van der Waals surface area contributed by atoms with Gasteiger partial charge in [-0.05, 0) is 51.3 Å². The molecule has 3 N–H and O–H groups in total. The Morgan fingerprint density at radius 2 is 1.96 bits per heavy atom. The molecule has 0 aliphatic carbocycles. The van der Waals surface area contributed by atoms with Crippen LogP contribution < -0.4 is 15.4 Å². The molecule has 0 amide bonds. The Morgan fingerprint density at radius 1 is 1.26 bits per heavy atom. The number of aromatic amines is 1. The number of halogens is 1. The van der Waals surface area contributed by atoms with Crippen LogP contribution in [0.15, 0.2) is 29.3 Å². The van der Waals surface area contributed by atoms with Gasteiger partial charge in [0.2, 0.25) is 0 Å². The van der Waals surface area contributed by atoms with Gasteiger partial charge in [-0.15, -0.1) is 24.0 Å². The second kappa shape index (κ2) is 11.4. The second-order valence-electron chi connectivity index (χ2n) is 6.35. The van der Waals surface area contributed by atoms with Gasteiger partial charge < -0.3 is 15.4 Å². The van der Waals surface area contributed by atoms with Crippen molar-refractivity contribution in [3.05, 3.63) is 30.1 Å². The number of guanidine groups is 1. The van der Waals surface area contributed by atoms with E-state index in [-0.39, 0.29) is 28.7 Å². The number of aliphatic imine (C=N–C) groups is 1. The minimum absolute atomic E-state index is 0. The first-order chi connectivity index (χ1) is 12.5. The molecule has 0 fully saturated rings. The van der Waals surface area contributed by atoms with E-state index in [1.807, 2.05) is 43.0 Å². The quantitative estimate of drug-likeness (QED) is 0.291. The minimum atomic E-state index is 0. The van der Waals surface area contributed by atoms with Crippen LogP contribution >= 0.6 is 35.7 Å². The minimum Gasteiger partial charge on any atom is -0.497 e. The number of thioether (sulfide) groups is 1. The van der Waals surface area contributed by atoms with Gasteiger partial charge in [0.1, 0.15) is 18.1 Å². The Morgan fingerprint density at radius 3 is 2.56 bits per heavy atom. The molecular weight excluding hydrogens is 475 g/mol. The zero-order chi connectivity index (χ0) is 19.0. The number of nitrogens with one attached hydrogen (secondary N) is 3. The van der Waals surface area contributed by atoms with Gasteiger partial charge >= 0.3 is 0 Å². The molecule has 27 heavy (non-hydrogen) atoms. The van der Waals surface area contributed by atoms with Gasteiger partial charge in [-0.2, -0.15) is 16.9 Å². The smallest absolute Gasteiger partial charge is 0.191 e. The number of ether oxygens (including phenoxy) is 1. The van der Waals surface area contributed by atoms with Crippen LogP contribution in [0.2, 0.25) is 0 Å². The number of benzene rings is 1. The van der Waals surface area contributed by atoms with E-state index in [1.54, 1.807) is 7.11 Å². The molecule has 7 nitrogen and oxygen atoms in total. The number of nitrogens with zero attached hydrogens (tertiary/aromatic N) is 3. The van der Waals surface area contributed by atoms with Gasteiger partial charge in [-0.3, -0.25) is 5.10 Å². The Bertz CT molecular complexity index is 717. The largest absolute Gasteiger partial charge is 0.497 e. The SMILES string of the molecule is CCNC(=NCc1nc(-c2ccc(OC)cc2)n[nH]1)NCC(C)(C)SC.I. The Hall–Kier alpha value is -1.49. The van der Waals surface area contributed by atoms with Crippen LogP contribution in [0.3, 0.4) is 0 Å². The number of H-pyrrole nitrogens is 1. The van der Waals surface area contributed by atoms with E-state index >= 15 is 0 Å². The van der Waals surface area contributed by atoms with Gasteiger partial charge in [0.25, 0.3) is 0 Å². The molecular formula is C18H29IN6OS. The normalized spacial score (nSPS) is 11.7. The lowest BCUT2D eigenvalue weighted by Gasteiger charge is -2.23. The van der Waals surface area contributed by atoms with Crippen molar-refractivity contribution in [1.29, 1.82) is 0 Å². The first kappa shape index (κ1) is 23.5. The summed E-state index contributed by atoms with van der Waals surface area (Å²) < 4.78 is 5.31. The second-order valence-corrected chi connectivity index (χ2v) is 7.86. The van der Waals surface area contributed by atoms with Crippen molar-refractivity contribution in [2.75, 3.05) is 26.5 Å². The summed E-state index contributed by atoms with van der Waals surface area (Å²) in [5.74, 6) is 2.96. The van der Waals surface area contributed by atoms with Gasteiger partial charge in [0.05, 0.1) is 7.11 Å². The lowest BCUT2D eigenvalue weighted by Crippen LogP contribution is -2.43. The van der Waals surface area contributed by atoms with E-state index < -0.39 is 0 Å². The summed E-state index contributed by atoms with van der Waals surface area (Å²) in [5.41, 5.74) is 0.934. The van der Waals surface area contributed by atoms with Crippen molar-refractivity contribution < 1.29 is 4.74 Å². The predicted molar refractivity (Wildman–Crippen MR) is 124 cm³/mol. The van der Waals surface area contributed by atoms with Crippen molar-refractivity contribution in [1.82, 2.24) is 25.8 Å². The molecule has 150 valence electrons. The summed E-state index contributed by atoms with van der Waals surface area (Å²) in [5, 5.41) is 13.9. The molecule has 1 heterocycles. The summed E-state index contributed by atoms with van der Waals surface area (Å²) in [4.78, 5) is 9.11. The molecule has 2 rings (SSSR count). The third-order valence-electron chi connectivity index (χ3n) is 3.85. The number of aromatic nitrogens is 3. The van der Waals surface area contributed by atoms with Crippen molar-refractivity contribution in [3.63, 3.8) is 0 Å². The van der Waals surface area contributed by atoms with Crippen molar-refractivity contribution in [2.45, 2.75) is 32.1 Å². The van der Waals surface area contributed by atoms with E-state index in [4.69, 9.17) is 4.74 Å². The fraction of sp³-hybridized carbons (Fsp3) is 0.500. The van der Waals surface area contributed by atoms with E-state index in [1.165, 1.54) is 0 Å². The standard InChI is InChI=1S/C18H28N6OS.HI/c1-6-19-17(21-12-18(2,3)26-5)20-11-15-22-16(24-23-15)13-7-9-14(25-4)10-8-13;/h7-10H,6,11-12H2,1-5H3,(H2,19,20,21)(H,22,23,24);1H. The summed E-state index contributed by atoms with van der Waals surface area (Å²) in [6.45, 7) is 8.51. The van der Waals surface area contributed by atoms with E-state index in [2.05, 4.69) is 50.9 Å². The van der Waals surface area contributed by atoms with E-state index in [9.17, 15) is 0 Å². The Kier molecular flexibility index (Phi) is 9.92. The maximum Gasteiger partial charge on any atom is 0.191 e. The molecule has 9 heteroatoms. The van der Waals surface area contributed by atoms with Gasteiger partial charge in [-0.25, -0.2) is 9.98 Å². The van der Waals surface area contributed by atoms with Crippen LogP contribution in [0.4, 0.5) is 0 Å². The fourth-order valence-electron chi connectivity index (χ4n) is 2.10. The summed E-state index contributed by atoms with van der Waals surface area (Å²) in [6.07, 6.45) is 2.11. The molecule has 0 saturated heterocycles. The molecule has 0 aliphatic heterocycles. The van der Waals surface area contributed by atoms with Crippen LogP contribution in [-0.2, 0) is 6.54 Å². The summed E-state index contributed by atoms with van der Waals surface area (Å²) in [6, 6.07) is 7.66. The molecule has 1 aromatic carbocycles. The Labute approximate surface area is 182 Å². The van der Waals surface area contributed by atoms with Crippen LogP contribution in [0.1, 0.15) is 26.6 Å². The summed E-state index contributed by atoms with van der Waals surface area (Å²) >= 11 is 1.82. The zero-order valence-electron chi connectivity index (χ0n) is 16.5. The predicted octanol–water partition coefficient (Wildman–Crippen LogP) is 3.30. The van der Waals surface area contributed by atoms with Gasteiger partial charge in [-0.1, -0.05) is 0 Å². The lowest BCUT2D eigenvalue weighted by molar-refractivity contribution is 0.415. The van der Waals surface area contributed by atoms with E-state index in [0.717, 1.165) is 36.2 Å². The van der Waals surface area contributed by atoms with Crippen molar-refractivity contribution >= 4 is 41.7 Å². The molecule has 1 aromatic heterocycles. The third kappa shape index (κ3) is 7.57. The molecule has 0 aliphatic rings. The monoisotopic (exact) mass is 504 g/mol. The number of methoxy groups -OCH3 is 1. The highest BCUT2D eigenvalue weighted by Crippen LogP contribution is 2.20. The molecule has 0 spiro atoms. The van der Waals surface area contributed by atoms with Crippen LogP contribution in [0.5, 0.6) is 5.75 Å². The molecule has 0 radical (unpaired) electrons. The highest BCUT2D eigenvalue weighted by molar-refractivity contribution is 14.0. The molecule has 0 saturated carbocycles. The molecule has 0 unspecified atom stereocenters. The zero-order valence-corrected chi connectivity index (χ0v) is 19.6. The average molecular weight is 504 g/mol. The maximum atomic E-state index is 5.17. The van der Waals surface area contributed by atoms with Crippen molar-refractivity contribution in [3.8, 4) is 17.1 Å². The third-order valence-corrected chi connectivity index (χ3v) is 5.09. The van der Waals surface area contributed by atoms with Crippen LogP contribution in [-0.4, -0.2) is 52.3 Å². The number of hydrogen-bond donors (Lipinski definition) is 3. The Balaban J connectivity index is 0.00000364.